The van der Waals surface area contributed by atoms with E-state index in [1.807, 2.05) is 0 Å². The molecule has 0 aliphatic heterocycles. The van der Waals surface area contributed by atoms with Gasteiger partial charge >= 0.3 is 35.7 Å². The first kappa shape index (κ1) is 29.0. The van der Waals surface area contributed by atoms with Crippen molar-refractivity contribution in [2.24, 2.45) is 0 Å². The minimum atomic E-state index is -4.99. The van der Waals surface area contributed by atoms with Crippen molar-refractivity contribution in [1.82, 2.24) is 4.98 Å². The number of carboxylic acids is 1. The van der Waals surface area contributed by atoms with Gasteiger partial charge in [0.05, 0.1) is 11.5 Å². The fraction of sp³-hybridized carbons (Fsp3) is 0.200. The summed E-state index contributed by atoms with van der Waals surface area (Å²) in [6, 6.07) is 6.36. The second-order valence-electron chi connectivity index (χ2n) is 7.99. The number of aromatic nitrogens is 1. The molecule has 0 radical (unpaired) electrons. The Labute approximate surface area is 234 Å². The van der Waals surface area contributed by atoms with Gasteiger partial charge in [-0.25, -0.2) is 13.2 Å². The number of benzene rings is 2. The van der Waals surface area contributed by atoms with E-state index in [0.717, 1.165) is 12.3 Å². The second-order valence-corrected chi connectivity index (χ2v) is 8.43. The predicted octanol–water partition coefficient (Wildman–Crippen LogP) is 3.21. The first-order valence-electron chi connectivity index (χ1n) is 10.5. The maximum atomic E-state index is 14.1. The molecule has 3 aromatic rings. The predicted molar refractivity (Wildman–Crippen MR) is 116 cm³/mol. The summed E-state index contributed by atoms with van der Waals surface area (Å²) >= 11 is 6.15. The number of nitrogens with zero attached hydrogens (tertiary/aromatic N) is 1. The van der Waals surface area contributed by atoms with E-state index >= 15 is 0 Å². The Morgan fingerprint density at radius 2 is 1.68 bits per heavy atom. The Kier molecular flexibility index (Phi) is 9.00. The smallest absolute Gasteiger partial charge is 0.545 e. The van der Waals surface area contributed by atoms with Gasteiger partial charge in [-0.15, -0.1) is 0 Å². The normalized spacial score (nSPS) is 13.5. The topological polar surface area (TPSA) is 62.2 Å². The Morgan fingerprint density at radius 3 is 2.30 bits per heavy atom. The molecule has 0 spiro atoms. The first-order chi connectivity index (χ1) is 17.0. The quantitative estimate of drug-likeness (QED) is 0.350. The van der Waals surface area contributed by atoms with Crippen LogP contribution in [0.2, 0.25) is 5.02 Å². The zero-order valence-corrected chi connectivity index (χ0v) is 21.9. The summed E-state index contributed by atoms with van der Waals surface area (Å²) < 4.78 is 86.5. The molecule has 1 aromatic heterocycles. The average molecular weight is 550 g/mol. The minimum Gasteiger partial charge on any atom is -0.545 e. The van der Waals surface area contributed by atoms with E-state index in [9.17, 15) is 36.2 Å². The molecule has 12 heteroatoms. The number of halogens is 7. The van der Waals surface area contributed by atoms with Crippen LogP contribution >= 0.6 is 11.6 Å². The molecule has 0 saturated heterocycles. The van der Waals surface area contributed by atoms with Crippen LogP contribution in [0, 0.1) is 17.5 Å². The maximum Gasteiger partial charge on any atom is 1.00 e. The van der Waals surface area contributed by atoms with Crippen molar-refractivity contribution in [1.29, 1.82) is 0 Å². The molecule has 0 N–H and O–H groups in total. The molecule has 0 saturated carbocycles. The third-order valence-corrected chi connectivity index (χ3v) is 5.92. The van der Waals surface area contributed by atoms with Gasteiger partial charge in [0.1, 0.15) is 29.8 Å². The van der Waals surface area contributed by atoms with Crippen molar-refractivity contribution in [3.8, 4) is 5.75 Å². The number of hydrogen-bond acceptors (Lipinski definition) is 4. The Balaban J connectivity index is 0.00000380. The Hall–Kier alpha value is -2.53. The molecule has 0 unspecified atom stereocenters. The van der Waals surface area contributed by atoms with Gasteiger partial charge < -0.3 is 14.6 Å². The first-order valence-corrected chi connectivity index (χ1v) is 10.9. The van der Waals surface area contributed by atoms with E-state index in [0.29, 0.717) is 48.1 Å². The van der Waals surface area contributed by atoms with E-state index in [1.54, 1.807) is 0 Å². The van der Waals surface area contributed by atoms with E-state index in [-0.39, 0.29) is 45.9 Å². The Bertz CT molecular complexity index is 1370. The number of rotatable bonds is 6. The van der Waals surface area contributed by atoms with Crippen LogP contribution in [0.25, 0.3) is 11.1 Å². The van der Waals surface area contributed by atoms with Crippen LogP contribution in [0.3, 0.4) is 0 Å². The number of pyridine rings is 1. The van der Waals surface area contributed by atoms with Crippen LogP contribution in [-0.4, -0.2) is 11.0 Å². The van der Waals surface area contributed by atoms with Gasteiger partial charge in [-0.1, -0.05) is 11.6 Å². The summed E-state index contributed by atoms with van der Waals surface area (Å²) in [6.45, 7) is -0.578. The number of hydrogen-bond donors (Lipinski definition) is 0. The van der Waals surface area contributed by atoms with Gasteiger partial charge in [0.25, 0.3) is 0 Å². The van der Waals surface area contributed by atoms with Crippen molar-refractivity contribution in [2.45, 2.75) is 32.0 Å². The average Bonchev–Trinajstić information content (AvgIpc) is 3.28. The van der Waals surface area contributed by atoms with Crippen molar-refractivity contribution < 1.29 is 70.5 Å². The van der Waals surface area contributed by atoms with E-state index in [1.165, 1.54) is 18.2 Å². The fourth-order valence-corrected chi connectivity index (χ4v) is 4.27. The molecule has 0 fully saturated rings. The monoisotopic (exact) mass is 549 g/mol. The van der Waals surface area contributed by atoms with Crippen LogP contribution < -0.4 is 39.4 Å². The summed E-state index contributed by atoms with van der Waals surface area (Å²) in [4.78, 5) is 14.7. The minimum absolute atomic E-state index is 0. The van der Waals surface area contributed by atoms with Crippen molar-refractivity contribution in [2.75, 3.05) is 0 Å². The Morgan fingerprint density at radius 1 is 1.03 bits per heavy atom. The number of carboxylic acid groups (broad SMARTS) is 1. The molecule has 188 valence electrons. The number of allylic oxidation sites excluding steroid dienone is 2. The molecule has 0 bridgehead atoms. The molecule has 1 aliphatic carbocycles. The van der Waals surface area contributed by atoms with Crippen LogP contribution in [0.4, 0.5) is 26.3 Å². The fourth-order valence-electron chi connectivity index (χ4n) is 4.09. The summed E-state index contributed by atoms with van der Waals surface area (Å²) in [5, 5.41) is 11.7. The molecule has 4 nitrogen and oxygen atoms in total. The van der Waals surface area contributed by atoms with Crippen molar-refractivity contribution >= 4 is 28.7 Å². The summed E-state index contributed by atoms with van der Waals surface area (Å²) in [7, 11) is 0. The summed E-state index contributed by atoms with van der Waals surface area (Å²) in [5.41, 5.74) is -1.49. The molecule has 1 heterocycles. The van der Waals surface area contributed by atoms with E-state index in [2.05, 4.69) is 4.98 Å². The van der Waals surface area contributed by atoms with Gasteiger partial charge in [-0.2, -0.15) is 13.2 Å². The largest absolute Gasteiger partial charge is 1.00 e. The van der Waals surface area contributed by atoms with Gasteiger partial charge in [-0.3, -0.25) is 4.98 Å². The molecular formula is C25H15ClF6NNaO3. The van der Waals surface area contributed by atoms with Crippen molar-refractivity contribution in [3.63, 3.8) is 0 Å². The molecule has 1 aliphatic rings. The molecule has 4 rings (SSSR count). The van der Waals surface area contributed by atoms with Crippen LogP contribution in [-0.2, 0) is 12.8 Å². The van der Waals surface area contributed by atoms with Gasteiger partial charge in [0, 0.05) is 34.5 Å². The molecule has 2 aromatic carbocycles. The van der Waals surface area contributed by atoms with Crippen LogP contribution in [0.15, 0.2) is 42.6 Å². The maximum absolute atomic E-state index is 14.1. The standard InChI is InChI=1S/C25H16ClF6NO3.Na/c26-13-4-5-22(36-11-19-20(28)8-14(27)9-21(19)29)17(7-13)16-3-1-2-15(16)12-6-18(24(34)35)23(33-10-12)25(30,31)32;/h4-10H,1-3,11H2,(H,34,35);/q;+1/p-1. The zero-order valence-electron chi connectivity index (χ0n) is 19.2. The summed E-state index contributed by atoms with van der Waals surface area (Å²) in [5.74, 6) is -5.20. The molecule has 0 atom stereocenters. The number of ether oxygens (including phenoxy) is 1. The van der Waals surface area contributed by atoms with Crippen LogP contribution in [0.1, 0.15) is 52.0 Å². The van der Waals surface area contributed by atoms with Gasteiger partial charge in [0.2, 0.25) is 0 Å². The van der Waals surface area contributed by atoms with Gasteiger partial charge in [-0.05, 0) is 60.2 Å². The molecule has 37 heavy (non-hydrogen) atoms. The van der Waals surface area contributed by atoms with Crippen molar-refractivity contribution in [3.05, 3.63) is 93.0 Å². The SMILES string of the molecule is O=C([O-])c1cc(C2=C(c3cc(Cl)ccc3OCc3c(F)cc(F)cc3F)CCC2)cnc1C(F)(F)F.[Na+]. The number of alkyl halides is 3. The van der Waals surface area contributed by atoms with Gasteiger partial charge in [0.15, 0.2) is 5.69 Å². The molecular weight excluding hydrogens is 535 g/mol. The number of aromatic carboxylic acids is 1. The van der Waals surface area contributed by atoms with E-state index < -0.39 is 53.0 Å². The van der Waals surface area contributed by atoms with E-state index in [4.69, 9.17) is 16.3 Å². The number of carbonyl (C=O) groups is 1. The zero-order chi connectivity index (χ0) is 26.2. The third kappa shape index (κ3) is 6.31. The molecule has 0 amide bonds. The summed E-state index contributed by atoms with van der Waals surface area (Å²) in [6.07, 6.45) is -2.64. The number of carbonyl (C=O) groups excluding carboxylic acids is 1. The second kappa shape index (κ2) is 11.5. The third-order valence-electron chi connectivity index (χ3n) is 5.69. The van der Waals surface area contributed by atoms with Crippen LogP contribution in [0.5, 0.6) is 5.75 Å².